The van der Waals surface area contributed by atoms with E-state index in [1.165, 1.54) is 12.1 Å². The van der Waals surface area contributed by atoms with Crippen molar-refractivity contribution in [3.05, 3.63) is 34.6 Å². The van der Waals surface area contributed by atoms with Crippen molar-refractivity contribution in [1.82, 2.24) is 4.90 Å². The number of hydrogen-bond donors (Lipinski definition) is 0. The zero-order chi connectivity index (χ0) is 13.2. The highest BCUT2D eigenvalue weighted by Gasteiger charge is 2.23. The summed E-state index contributed by atoms with van der Waals surface area (Å²) in [5, 5.41) is 0.154. The van der Waals surface area contributed by atoms with Crippen molar-refractivity contribution in [3.8, 4) is 0 Å². The van der Waals surface area contributed by atoms with Crippen molar-refractivity contribution in [3.63, 3.8) is 0 Å². The van der Waals surface area contributed by atoms with Gasteiger partial charge in [0.15, 0.2) is 0 Å². The van der Waals surface area contributed by atoms with Gasteiger partial charge < -0.3 is 4.90 Å². The summed E-state index contributed by atoms with van der Waals surface area (Å²) in [6.07, 6.45) is 0. The minimum Gasteiger partial charge on any atom is -0.334 e. The van der Waals surface area contributed by atoms with E-state index in [9.17, 15) is 9.18 Å². The second kappa shape index (κ2) is 5.50. The van der Waals surface area contributed by atoms with Gasteiger partial charge in [-0.3, -0.25) is 4.79 Å². The van der Waals surface area contributed by atoms with E-state index < -0.39 is 5.82 Å². The van der Waals surface area contributed by atoms with Gasteiger partial charge in [0.1, 0.15) is 5.82 Å². The van der Waals surface area contributed by atoms with Crippen molar-refractivity contribution in [1.29, 1.82) is 0 Å². The molecule has 0 aliphatic carbocycles. The van der Waals surface area contributed by atoms with Crippen LogP contribution in [0.3, 0.4) is 0 Å². The third-order valence-corrected chi connectivity index (χ3v) is 2.82. The Kier molecular flexibility index (Phi) is 4.52. The number of benzene rings is 1. The van der Waals surface area contributed by atoms with Gasteiger partial charge in [0, 0.05) is 12.1 Å². The topological polar surface area (TPSA) is 20.3 Å². The molecule has 0 aliphatic heterocycles. The van der Waals surface area contributed by atoms with Crippen molar-refractivity contribution >= 4 is 17.5 Å². The predicted octanol–water partition coefficient (Wildman–Crippen LogP) is 3.74. The second-order valence-electron chi connectivity index (χ2n) is 4.52. The van der Waals surface area contributed by atoms with Crippen molar-refractivity contribution in [2.75, 3.05) is 0 Å². The molecule has 0 bridgehead atoms. The van der Waals surface area contributed by atoms with Crippen LogP contribution < -0.4 is 0 Å². The Labute approximate surface area is 106 Å². The Morgan fingerprint density at radius 2 is 1.76 bits per heavy atom. The molecule has 2 nitrogen and oxygen atoms in total. The molecule has 4 heteroatoms. The number of rotatable bonds is 3. The summed E-state index contributed by atoms with van der Waals surface area (Å²) in [5.74, 6) is -0.604. The fraction of sp³-hybridized carbons (Fsp3) is 0.462. The molecule has 0 aliphatic rings. The molecule has 0 fully saturated rings. The zero-order valence-electron chi connectivity index (χ0n) is 10.5. The average molecular weight is 258 g/mol. The van der Waals surface area contributed by atoms with Gasteiger partial charge in [0.2, 0.25) is 0 Å². The average Bonchev–Trinajstić information content (AvgIpc) is 2.15. The number of carbonyl (C=O) groups is 1. The molecular weight excluding hydrogens is 241 g/mol. The van der Waals surface area contributed by atoms with E-state index in [1.807, 2.05) is 27.7 Å². The zero-order valence-corrected chi connectivity index (χ0v) is 11.3. The van der Waals surface area contributed by atoms with Gasteiger partial charge in [-0.25, -0.2) is 4.39 Å². The van der Waals surface area contributed by atoms with Gasteiger partial charge in [-0.15, -0.1) is 0 Å². The molecule has 94 valence electrons. The van der Waals surface area contributed by atoms with Crippen LogP contribution in [0.5, 0.6) is 0 Å². The van der Waals surface area contributed by atoms with Crippen LogP contribution in [0.25, 0.3) is 0 Å². The van der Waals surface area contributed by atoms with E-state index in [1.54, 1.807) is 4.90 Å². The van der Waals surface area contributed by atoms with Crippen LogP contribution in [0.2, 0.25) is 5.02 Å². The molecule has 0 saturated carbocycles. The summed E-state index contributed by atoms with van der Waals surface area (Å²) in [7, 11) is 0. The Bertz CT molecular complexity index is 410. The molecule has 0 heterocycles. The van der Waals surface area contributed by atoms with Gasteiger partial charge in [-0.05, 0) is 45.9 Å². The standard InChI is InChI=1S/C13H17ClFNO/c1-8(2)16(9(3)4)13(17)11-6-5-10(15)7-12(11)14/h5-9H,1-4H3. The first-order chi connectivity index (χ1) is 7.84. The monoisotopic (exact) mass is 257 g/mol. The molecule has 0 N–H and O–H groups in total. The summed E-state index contributed by atoms with van der Waals surface area (Å²) in [4.78, 5) is 14.0. The SMILES string of the molecule is CC(C)N(C(=O)c1ccc(F)cc1Cl)C(C)C. The molecule has 17 heavy (non-hydrogen) atoms. The highest BCUT2D eigenvalue weighted by atomic mass is 35.5. The maximum absolute atomic E-state index is 12.9. The van der Waals surface area contributed by atoms with E-state index in [0.29, 0.717) is 5.56 Å². The lowest BCUT2D eigenvalue weighted by Gasteiger charge is -2.31. The van der Waals surface area contributed by atoms with Crippen molar-refractivity contribution in [2.45, 2.75) is 39.8 Å². The number of nitrogens with zero attached hydrogens (tertiary/aromatic N) is 1. The molecule has 0 spiro atoms. The van der Waals surface area contributed by atoms with Gasteiger partial charge >= 0.3 is 0 Å². The van der Waals surface area contributed by atoms with E-state index in [-0.39, 0.29) is 23.0 Å². The minimum absolute atomic E-state index is 0.0728. The first kappa shape index (κ1) is 14.0. The molecular formula is C13H17ClFNO. The third kappa shape index (κ3) is 3.19. The van der Waals surface area contributed by atoms with E-state index in [2.05, 4.69) is 0 Å². The largest absolute Gasteiger partial charge is 0.334 e. The first-order valence-electron chi connectivity index (χ1n) is 5.62. The molecule has 1 aromatic rings. The third-order valence-electron chi connectivity index (χ3n) is 2.51. The van der Waals surface area contributed by atoms with Crippen LogP contribution in [0.4, 0.5) is 4.39 Å². The summed E-state index contributed by atoms with van der Waals surface area (Å²) < 4.78 is 12.9. The maximum atomic E-state index is 12.9. The second-order valence-corrected chi connectivity index (χ2v) is 4.93. The molecule has 0 saturated heterocycles. The van der Waals surface area contributed by atoms with Crippen molar-refractivity contribution < 1.29 is 9.18 Å². The molecule has 0 atom stereocenters. The Hall–Kier alpha value is -1.09. The highest BCUT2D eigenvalue weighted by Crippen LogP contribution is 2.21. The summed E-state index contributed by atoms with van der Waals surface area (Å²) in [6.45, 7) is 7.76. The van der Waals surface area contributed by atoms with Crippen LogP contribution in [0.1, 0.15) is 38.1 Å². The summed E-state index contributed by atoms with van der Waals surface area (Å²) in [6, 6.07) is 3.98. The van der Waals surface area contributed by atoms with Crippen LogP contribution >= 0.6 is 11.6 Å². The van der Waals surface area contributed by atoms with Crippen molar-refractivity contribution in [2.24, 2.45) is 0 Å². The molecule has 0 aromatic heterocycles. The first-order valence-corrected chi connectivity index (χ1v) is 6.00. The quantitative estimate of drug-likeness (QED) is 0.808. The highest BCUT2D eigenvalue weighted by molar-refractivity contribution is 6.33. The molecule has 1 aromatic carbocycles. The fourth-order valence-electron chi connectivity index (χ4n) is 1.87. The summed E-state index contributed by atoms with van der Waals surface area (Å²) in [5.41, 5.74) is 0.343. The van der Waals surface area contributed by atoms with Gasteiger partial charge in [-0.1, -0.05) is 11.6 Å². The number of hydrogen-bond acceptors (Lipinski definition) is 1. The van der Waals surface area contributed by atoms with Gasteiger partial charge in [0.05, 0.1) is 10.6 Å². The smallest absolute Gasteiger partial charge is 0.255 e. The normalized spacial score (nSPS) is 11.1. The lowest BCUT2D eigenvalue weighted by atomic mass is 10.1. The lowest BCUT2D eigenvalue weighted by molar-refractivity contribution is 0.0644. The fourth-order valence-corrected chi connectivity index (χ4v) is 2.12. The lowest BCUT2D eigenvalue weighted by Crippen LogP contribution is -2.42. The number of halogens is 2. The maximum Gasteiger partial charge on any atom is 0.255 e. The van der Waals surface area contributed by atoms with Gasteiger partial charge in [-0.2, -0.15) is 0 Å². The van der Waals surface area contributed by atoms with Crippen LogP contribution in [-0.4, -0.2) is 22.9 Å². The molecule has 1 amide bonds. The van der Waals surface area contributed by atoms with Crippen LogP contribution in [0.15, 0.2) is 18.2 Å². The molecule has 0 unspecified atom stereocenters. The Morgan fingerprint density at radius 1 is 1.24 bits per heavy atom. The van der Waals surface area contributed by atoms with Gasteiger partial charge in [0.25, 0.3) is 5.91 Å². The Morgan fingerprint density at radius 3 is 2.18 bits per heavy atom. The van der Waals surface area contributed by atoms with E-state index in [0.717, 1.165) is 6.07 Å². The number of carbonyl (C=O) groups excluding carboxylic acids is 1. The molecule has 0 radical (unpaired) electrons. The van der Waals surface area contributed by atoms with Crippen LogP contribution in [-0.2, 0) is 0 Å². The minimum atomic E-state index is -0.438. The van der Waals surface area contributed by atoms with Crippen LogP contribution in [0, 0.1) is 5.82 Å². The summed E-state index contributed by atoms with van der Waals surface area (Å²) >= 11 is 5.89. The Balaban J connectivity index is 3.10. The molecule has 1 rings (SSSR count). The van der Waals surface area contributed by atoms with E-state index in [4.69, 9.17) is 11.6 Å². The number of amides is 1. The predicted molar refractivity (Wildman–Crippen MR) is 67.9 cm³/mol. The van der Waals surface area contributed by atoms with E-state index >= 15 is 0 Å².